The number of ether oxygens (including phenoxy) is 3. The molecule has 0 unspecified atom stereocenters. The third-order valence-electron chi connectivity index (χ3n) is 5.31. The van der Waals surface area contributed by atoms with Gasteiger partial charge in [0, 0.05) is 32.7 Å². The van der Waals surface area contributed by atoms with E-state index in [1.807, 2.05) is 24.3 Å². The third kappa shape index (κ3) is 9.77. The van der Waals surface area contributed by atoms with Crippen molar-refractivity contribution in [3.63, 3.8) is 0 Å². The number of rotatable bonds is 11. The first-order valence-electron chi connectivity index (χ1n) is 11.4. The van der Waals surface area contributed by atoms with Crippen LogP contribution >= 0.6 is 24.0 Å². The van der Waals surface area contributed by atoms with Crippen LogP contribution in [0.3, 0.4) is 0 Å². The minimum Gasteiger partial charge on any atom is -0.497 e. The van der Waals surface area contributed by atoms with Crippen molar-refractivity contribution in [2.75, 3.05) is 53.1 Å². The topological polar surface area (TPSA) is 67.4 Å². The van der Waals surface area contributed by atoms with Crippen LogP contribution in [0.2, 0.25) is 0 Å². The summed E-state index contributed by atoms with van der Waals surface area (Å²) in [5.74, 6) is 2.51. The van der Waals surface area contributed by atoms with Gasteiger partial charge in [-0.15, -0.1) is 24.0 Å². The molecule has 0 atom stereocenters. The smallest absolute Gasteiger partial charge is 0.191 e. The Hall–Kier alpha value is -2.04. The SMILES string of the molecule is CCNC(=NCc1ccccc1CN1CCOCC1)NCCCOc1ccc(OC)cc1.I. The van der Waals surface area contributed by atoms with Gasteiger partial charge in [-0.05, 0) is 48.7 Å². The Morgan fingerprint density at radius 2 is 1.70 bits per heavy atom. The predicted molar refractivity (Wildman–Crippen MR) is 144 cm³/mol. The van der Waals surface area contributed by atoms with Gasteiger partial charge in [-0.25, -0.2) is 4.99 Å². The van der Waals surface area contributed by atoms with E-state index in [-0.39, 0.29) is 24.0 Å². The Balaban J connectivity index is 0.00000385. The van der Waals surface area contributed by atoms with Crippen LogP contribution in [0, 0.1) is 0 Å². The lowest BCUT2D eigenvalue weighted by Crippen LogP contribution is -2.38. The van der Waals surface area contributed by atoms with Gasteiger partial charge in [-0.1, -0.05) is 24.3 Å². The molecule has 0 radical (unpaired) electrons. The van der Waals surface area contributed by atoms with Crippen LogP contribution in [0.15, 0.2) is 53.5 Å². The second-order valence-electron chi connectivity index (χ2n) is 7.66. The first-order valence-corrected chi connectivity index (χ1v) is 11.4. The Morgan fingerprint density at radius 3 is 2.39 bits per heavy atom. The minimum atomic E-state index is 0. The van der Waals surface area contributed by atoms with Crippen molar-refractivity contribution in [3.05, 3.63) is 59.7 Å². The van der Waals surface area contributed by atoms with Crippen molar-refractivity contribution in [2.24, 2.45) is 4.99 Å². The molecule has 1 heterocycles. The molecule has 0 amide bonds. The second-order valence-corrected chi connectivity index (χ2v) is 7.66. The monoisotopic (exact) mass is 568 g/mol. The number of hydrogen-bond acceptors (Lipinski definition) is 5. The van der Waals surface area contributed by atoms with Crippen molar-refractivity contribution in [3.8, 4) is 11.5 Å². The average molecular weight is 569 g/mol. The zero-order valence-corrected chi connectivity index (χ0v) is 22.0. The summed E-state index contributed by atoms with van der Waals surface area (Å²) in [6.07, 6.45) is 0.879. The number of aliphatic imine (C=N–C) groups is 1. The van der Waals surface area contributed by atoms with Crippen molar-refractivity contribution < 1.29 is 14.2 Å². The van der Waals surface area contributed by atoms with E-state index in [0.717, 1.165) is 69.8 Å². The molecular weight excluding hydrogens is 531 g/mol. The van der Waals surface area contributed by atoms with E-state index >= 15 is 0 Å². The summed E-state index contributed by atoms with van der Waals surface area (Å²) < 4.78 is 16.4. The summed E-state index contributed by atoms with van der Waals surface area (Å²) in [5, 5.41) is 6.74. The molecule has 7 nitrogen and oxygen atoms in total. The van der Waals surface area contributed by atoms with Crippen LogP contribution in [-0.2, 0) is 17.8 Å². The molecule has 1 aliphatic rings. The normalized spacial score (nSPS) is 14.3. The lowest BCUT2D eigenvalue weighted by atomic mass is 10.1. The molecule has 2 aromatic rings. The molecule has 2 aromatic carbocycles. The summed E-state index contributed by atoms with van der Waals surface area (Å²) >= 11 is 0. The van der Waals surface area contributed by atoms with Crippen molar-refractivity contribution in [1.29, 1.82) is 0 Å². The molecule has 1 aliphatic heterocycles. The van der Waals surface area contributed by atoms with Crippen LogP contribution < -0.4 is 20.1 Å². The largest absolute Gasteiger partial charge is 0.497 e. The molecule has 0 aliphatic carbocycles. The highest BCUT2D eigenvalue weighted by Gasteiger charge is 2.12. The number of nitrogens with zero attached hydrogens (tertiary/aromatic N) is 2. The summed E-state index contributed by atoms with van der Waals surface area (Å²) in [5.41, 5.74) is 2.60. The van der Waals surface area contributed by atoms with Crippen molar-refractivity contribution in [1.82, 2.24) is 15.5 Å². The lowest BCUT2D eigenvalue weighted by Gasteiger charge is -2.27. The van der Waals surface area contributed by atoms with Crippen LogP contribution in [-0.4, -0.2) is 64.0 Å². The first kappa shape index (κ1) is 27.2. The number of guanidine groups is 1. The summed E-state index contributed by atoms with van der Waals surface area (Å²) in [4.78, 5) is 7.25. The number of morpholine rings is 1. The molecule has 0 saturated carbocycles. The molecule has 1 saturated heterocycles. The standard InChI is InChI=1S/C25H36N4O3.HI/c1-3-26-25(27-13-6-16-32-24-11-9-23(30-2)10-12-24)28-19-21-7-4-5-8-22(21)20-29-14-17-31-18-15-29;/h4-5,7-12H,3,6,13-20H2,1-2H3,(H2,26,27,28);1H. The van der Waals surface area contributed by atoms with Gasteiger partial charge < -0.3 is 24.8 Å². The quantitative estimate of drug-likeness (QED) is 0.187. The summed E-state index contributed by atoms with van der Waals surface area (Å²) in [6, 6.07) is 16.2. The molecule has 0 bridgehead atoms. The van der Waals surface area contributed by atoms with E-state index in [9.17, 15) is 0 Å². The Kier molecular flexibility index (Phi) is 13.0. The van der Waals surface area contributed by atoms with Gasteiger partial charge in [-0.3, -0.25) is 4.90 Å². The summed E-state index contributed by atoms with van der Waals surface area (Å²) in [7, 11) is 1.66. The molecule has 3 rings (SSSR count). The van der Waals surface area contributed by atoms with E-state index in [1.54, 1.807) is 7.11 Å². The van der Waals surface area contributed by atoms with E-state index in [0.29, 0.717) is 13.2 Å². The molecule has 182 valence electrons. The number of hydrogen-bond donors (Lipinski definition) is 2. The molecule has 1 fully saturated rings. The molecule has 0 spiro atoms. The number of halogens is 1. The summed E-state index contributed by atoms with van der Waals surface area (Å²) in [6.45, 7) is 9.53. The van der Waals surface area contributed by atoms with Gasteiger partial charge in [0.05, 0.1) is 33.5 Å². The van der Waals surface area contributed by atoms with Crippen molar-refractivity contribution in [2.45, 2.75) is 26.4 Å². The van der Waals surface area contributed by atoms with Crippen LogP contribution in [0.25, 0.3) is 0 Å². The highest BCUT2D eigenvalue weighted by Crippen LogP contribution is 2.17. The first-order chi connectivity index (χ1) is 15.8. The molecule has 33 heavy (non-hydrogen) atoms. The molecular formula is C25H37IN4O3. The van der Waals surface area contributed by atoms with Gasteiger partial charge in [0.1, 0.15) is 11.5 Å². The average Bonchev–Trinajstić information content (AvgIpc) is 2.84. The zero-order chi connectivity index (χ0) is 22.4. The minimum absolute atomic E-state index is 0. The van der Waals surface area contributed by atoms with E-state index < -0.39 is 0 Å². The Labute approximate surface area is 214 Å². The number of methoxy groups -OCH3 is 1. The maximum absolute atomic E-state index is 5.80. The highest BCUT2D eigenvalue weighted by molar-refractivity contribution is 14.0. The van der Waals surface area contributed by atoms with Crippen LogP contribution in [0.5, 0.6) is 11.5 Å². The highest BCUT2D eigenvalue weighted by atomic mass is 127. The lowest BCUT2D eigenvalue weighted by molar-refractivity contribution is 0.0341. The zero-order valence-electron chi connectivity index (χ0n) is 19.7. The molecule has 2 N–H and O–H groups in total. The number of nitrogens with one attached hydrogen (secondary N) is 2. The molecule has 8 heteroatoms. The predicted octanol–water partition coefficient (Wildman–Crippen LogP) is 3.67. The van der Waals surface area contributed by atoms with Gasteiger partial charge in [0.15, 0.2) is 5.96 Å². The fourth-order valence-corrected chi connectivity index (χ4v) is 3.51. The van der Waals surface area contributed by atoms with Crippen LogP contribution in [0.4, 0.5) is 0 Å². The fraction of sp³-hybridized carbons (Fsp3) is 0.480. The van der Waals surface area contributed by atoms with Gasteiger partial charge >= 0.3 is 0 Å². The number of benzene rings is 2. The Bertz CT molecular complexity index is 827. The van der Waals surface area contributed by atoms with Crippen molar-refractivity contribution >= 4 is 29.9 Å². The van der Waals surface area contributed by atoms with E-state index in [4.69, 9.17) is 19.2 Å². The van der Waals surface area contributed by atoms with E-state index in [1.165, 1.54) is 11.1 Å². The van der Waals surface area contributed by atoms with Crippen LogP contribution in [0.1, 0.15) is 24.5 Å². The third-order valence-corrected chi connectivity index (χ3v) is 5.31. The van der Waals surface area contributed by atoms with Gasteiger partial charge in [0.25, 0.3) is 0 Å². The van der Waals surface area contributed by atoms with Gasteiger partial charge in [-0.2, -0.15) is 0 Å². The maximum atomic E-state index is 5.80. The molecule has 0 aromatic heterocycles. The second kappa shape index (κ2) is 15.7. The van der Waals surface area contributed by atoms with E-state index in [2.05, 4.69) is 46.7 Å². The van der Waals surface area contributed by atoms with Gasteiger partial charge in [0.2, 0.25) is 0 Å². The fourth-order valence-electron chi connectivity index (χ4n) is 3.51. The Morgan fingerprint density at radius 1 is 1.00 bits per heavy atom. The maximum Gasteiger partial charge on any atom is 0.191 e.